The van der Waals surface area contributed by atoms with Gasteiger partial charge in [-0.1, -0.05) is 46.7 Å². The Morgan fingerprint density at radius 2 is 1.43 bits per heavy atom. The normalized spacial score (nSPS) is 18.9. The zero-order valence-electron chi connectivity index (χ0n) is 18.1. The maximum absolute atomic E-state index is 11.1. The highest BCUT2D eigenvalue weighted by atomic mass is 35.5. The smallest absolute Gasteiger partial charge is 0.101 e. The summed E-state index contributed by atoms with van der Waals surface area (Å²) in [4.78, 5) is 5.85. The number of rotatable bonds is 9. The lowest BCUT2D eigenvalue weighted by atomic mass is 10.2. The molecular weight excluding hydrogens is 575 g/mol. The number of hydrogen-bond donors (Lipinski definition) is 0. The van der Waals surface area contributed by atoms with Crippen LogP contribution in [-0.4, -0.2) is 55.9 Å². The predicted molar refractivity (Wildman–Crippen MR) is 140 cm³/mol. The molecule has 0 N–H and O–H groups in total. The topological polar surface area (TPSA) is 121 Å². The lowest BCUT2D eigenvalue weighted by Gasteiger charge is -2.27. The van der Waals surface area contributed by atoms with Crippen molar-refractivity contribution >= 4 is 78.3 Å². The van der Waals surface area contributed by atoms with E-state index in [1.807, 2.05) is 28.0 Å². The molecule has 190 valence electrons. The summed E-state index contributed by atoms with van der Waals surface area (Å²) < 4.78 is 66.8. The highest BCUT2D eigenvalue weighted by molar-refractivity contribution is 8.04. The van der Waals surface area contributed by atoms with Crippen molar-refractivity contribution in [3.8, 4) is 0 Å². The Morgan fingerprint density at radius 3 is 2.06 bits per heavy atom. The van der Waals surface area contributed by atoms with Crippen molar-refractivity contribution in [2.24, 2.45) is 0 Å². The second kappa shape index (κ2) is 10.7. The van der Waals surface area contributed by atoms with Gasteiger partial charge >= 0.3 is 0 Å². The molecule has 2 aliphatic rings. The summed E-state index contributed by atoms with van der Waals surface area (Å²) >= 11 is 15.5. The van der Waals surface area contributed by atoms with Gasteiger partial charge in [0, 0.05) is 44.4 Å². The van der Waals surface area contributed by atoms with E-state index in [9.17, 15) is 25.9 Å². The summed E-state index contributed by atoms with van der Waals surface area (Å²) in [6.07, 6.45) is 2.31. The van der Waals surface area contributed by atoms with Gasteiger partial charge < -0.3 is 18.9 Å². The first-order valence-corrected chi connectivity index (χ1v) is 16.1. The minimum atomic E-state index is -4.34. The second-order valence-corrected chi connectivity index (χ2v) is 14.1. The number of nitrogens with zero attached hydrogens (tertiary/aromatic N) is 2. The zero-order valence-corrected chi connectivity index (χ0v) is 22.9. The molecule has 1 unspecified atom stereocenters. The van der Waals surface area contributed by atoms with Crippen molar-refractivity contribution in [1.82, 2.24) is 0 Å². The van der Waals surface area contributed by atoms with Gasteiger partial charge in [-0.05, 0) is 55.3 Å². The van der Waals surface area contributed by atoms with Crippen LogP contribution in [-0.2, 0) is 20.2 Å². The van der Waals surface area contributed by atoms with E-state index in [2.05, 4.69) is 0 Å². The van der Waals surface area contributed by atoms with E-state index in [0.717, 1.165) is 26.2 Å². The molecule has 8 nitrogen and oxygen atoms in total. The van der Waals surface area contributed by atoms with Crippen LogP contribution in [0.3, 0.4) is 0 Å². The van der Waals surface area contributed by atoms with Gasteiger partial charge in [-0.2, -0.15) is 0 Å². The molecule has 2 aliphatic heterocycles. The molecule has 14 heteroatoms. The van der Waals surface area contributed by atoms with Gasteiger partial charge in [0.2, 0.25) is 0 Å². The molecule has 0 saturated carbocycles. The standard InChI is InChI=1S/C21H22Cl2N2O6S4/c22-14-3-5-18-16(11-14)24(7-1-9-34(26,27)28)20(32-18)13-21-25(8-2-10-35(29,30)31)17-12-15(23)4-6-19(17)33-21/h3-6,11-13,20H,1-2,7-10H2,(H,26,27,28)(H,29,30,31)/p-2/b21-13+. The first kappa shape index (κ1) is 26.9. The van der Waals surface area contributed by atoms with Crippen LogP contribution in [0.1, 0.15) is 12.8 Å². The fourth-order valence-electron chi connectivity index (χ4n) is 3.88. The molecule has 0 aliphatic carbocycles. The molecule has 35 heavy (non-hydrogen) atoms. The average molecular weight is 596 g/mol. The lowest BCUT2D eigenvalue weighted by molar-refractivity contribution is 0.459. The van der Waals surface area contributed by atoms with Crippen molar-refractivity contribution in [3.63, 3.8) is 0 Å². The molecule has 0 saturated heterocycles. The van der Waals surface area contributed by atoms with Crippen LogP contribution in [0, 0.1) is 0 Å². The molecular formula is C21H20Cl2N2O6S4-2. The van der Waals surface area contributed by atoms with Crippen LogP contribution in [0.4, 0.5) is 11.4 Å². The number of benzene rings is 2. The summed E-state index contributed by atoms with van der Waals surface area (Å²) in [6, 6.07) is 10.9. The van der Waals surface area contributed by atoms with E-state index < -0.39 is 31.7 Å². The van der Waals surface area contributed by atoms with Gasteiger partial charge in [0.05, 0.1) is 36.6 Å². The number of fused-ring (bicyclic) bond motifs is 2. The Kier molecular flexibility index (Phi) is 8.23. The molecule has 0 aromatic heterocycles. The average Bonchev–Trinajstić information content (AvgIpc) is 3.24. The van der Waals surface area contributed by atoms with Gasteiger partial charge in [0.1, 0.15) is 5.37 Å². The van der Waals surface area contributed by atoms with Gasteiger partial charge in [-0.15, -0.1) is 0 Å². The van der Waals surface area contributed by atoms with Crippen molar-refractivity contribution in [2.75, 3.05) is 34.4 Å². The predicted octanol–water partition coefficient (Wildman–Crippen LogP) is 4.56. The van der Waals surface area contributed by atoms with Crippen molar-refractivity contribution in [3.05, 3.63) is 57.5 Å². The van der Waals surface area contributed by atoms with Gasteiger partial charge in [0.15, 0.2) is 0 Å². The molecule has 4 rings (SSSR count). The van der Waals surface area contributed by atoms with Gasteiger partial charge in [-0.3, -0.25) is 0 Å². The van der Waals surface area contributed by atoms with Crippen molar-refractivity contribution in [2.45, 2.75) is 28.0 Å². The molecule has 1 atom stereocenters. The Balaban J connectivity index is 1.63. The number of hydrogen-bond acceptors (Lipinski definition) is 10. The van der Waals surface area contributed by atoms with Crippen LogP contribution in [0.2, 0.25) is 10.0 Å². The van der Waals surface area contributed by atoms with E-state index in [0.29, 0.717) is 23.1 Å². The van der Waals surface area contributed by atoms with Crippen molar-refractivity contribution < 1.29 is 25.9 Å². The van der Waals surface area contributed by atoms with Crippen LogP contribution >= 0.6 is 46.7 Å². The van der Waals surface area contributed by atoms with Crippen LogP contribution < -0.4 is 9.80 Å². The van der Waals surface area contributed by atoms with E-state index in [-0.39, 0.29) is 18.2 Å². The monoisotopic (exact) mass is 594 g/mol. The van der Waals surface area contributed by atoms with Crippen molar-refractivity contribution in [1.29, 1.82) is 0 Å². The summed E-state index contributed by atoms with van der Waals surface area (Å²) in [6.45, 7) is 0.631. The highest BCUT2D eigenvalue weighted by Gasteiger charge is 2.32. The minimum Gasteiger partial charge on any atom is -0.748 e. The molecule has 2 heterocycles. The number of thioether (sulfide) groups is 2. The number of halogens is 2. The quantitative estimate of drug-likeness (QED) is 0.382. The Labute approximate surface area is 223 Å². The second-order valence-electron chi connectivity index (χ2n) is 7.92. The van der Waals surface area contributed by atoms with Gasteiger partial charge in [-0.25, -0.2) is 16.8 Å². The van der Waals surface area contributed by atoms with E-state index >= 15 is 0 Å². The maximum atomic E-state index is 11.1. The summed E-state index contributed by atoms with van der Waals surface area (Å²) in [5.41, 5.74) is 1.67. The fraction of sp³-hybridized carbons (Fsp3) is 0.333. The maximum Gasteiger partial charge on any atom is 0.101 e. The third-order valence-electron chi connectivity index (χ3n) is 5.33. The lowest BCUT2D eigenvalue weighted by Crippen LogP contribution is -2.31. The molecule has 0 radical (unpaired) electrons. The molecule has 2 aromatic carbocycles. The summed E-state index contributed by atoms with van der Waals surface area (Å²) in [5, 5.41) is 1.68. The Bertz CT molecular complexity index is 1370. The Morgan fingerprint density at radius 1 is 0.857 bits per heavy atom. The molecule has 0 amide bonds. The van der Waals surface area contributed by atoms with E-state index in [4.69, 9.17) is 23.2 Å². The molecule has 0 spiro atoms. The van der Waals surface area contributed by atoms with E-state index in [1.54, 1.807) is 36.0 Å². The number of anilines is 2. The zero-order chi connectivity index (χ0) is 25.4. The largest absolute Gasteiger partial charge is 0.748 e. The van der Waals surface area contributed by atoms with Crippen LogP contribution in [0.25, 0.3) is 0 Å². The van der Waals surface area contributed by atoms with E-state index in [1.165, 1.54) is 11.8 Å². The minimum absolute atomic E-state index is 0.147. The highest BCUT2D eigenvalue weighted by Crippen LogP contribution is 2.50. The SMILES string of the molecule is O=S(=O)([O-])CCCN1/C(=C\C2Sc3ccc(Cl)cc3N2CCCS(=O)(=O)[O-])Sc2ccc(Cl)cc21. The summed E-state index contributed by atoms with van der Waals surface area (Å²) in [7, 11) is -8.68. The van der Waals surface area contributed by atoms with Gasteiger partial charge in [0.25, 0.3) is 0 Å². The van der Waals surface area contributed by atoms with Crippen LogP contribution in [0.5, 0.6) is 0 Å². The first-order chi connectivity index (χ1) is 16.4. The first-order valence-electron chi connectivity index (χ1n) is 10.5. The third-order valence-corrected chi connectivity index (χ3v) is 9.74. The van der Waals surface area contributed by atoms with Crippen LogP contribution in [0.15, 0.2) is 57.3 Å². The molecule has 2 aromatic rings. The Hall–Kier alpha value is -1.12. The third kappa shape index (κ3) is 7.01. The summed E-state index contributed by atoms with van der Waals surface area (Å²) in [5.74, 6) is -0.947. The fourth-order valence-corrected chi connectivity index (χ4v) is 7.64. The molecule has 0 fully saturated rings. The molecule has 0 bridgehead atoms.